The molecule has 0 bridgehead atoms. The Morgan fingerprint density at radius 1 is 1.39 bits per heavy atom. The summed E-state index contributed by atoms with van der Waals surface area (Å²) < 4.78 is 0. The van der Waals surface area contributed by atoms with Crippen molar-refractivity contribution in [3.8, 4) is 0 Å². The average Bonchev–Trinajstić information content (AvgIpc) is 2.69. The normalized spacial score (nSPS) is 10.3. The number of nitrogens with zero attached hydrogens (tertiary/aromatic N) is 1. The van der Waals surface area contributed by atoms with Gasteiger partial charge in [0.15, 0.2) is 0 Å². The maximum Gasteiger partial charge on any atom is 0.303 e. The summed E-state index contributed by atoms with van der Waals surface area (Å²) in [6.45, 7) is 4.34. The van der Waals surface area contributed by atoms with Crippen molar-refractivity contribution < 1.29 is 14.7 Å². The monoisotopic (exact) mass is 270 g/mol. The molecule has 18 heavy (non-hydrogen) atoms. The maximum atomic E-state index is 11.8. The molecule has 1 aromatic heterocycles. The fourth-order valence-corrected chi connectivity index (χ4v) is 2.42. The van der Waals surface area contributed by atoms with E-state index in [2.05, 4.69) is 10.3 Å². The lowest BCUT2D eigenvalue weighted by atomic mass is 10.2. The Labute approximate surface area is 110 Å². The van der Waals surface area contributed by atoms with Crippen molar-refractivity contribution in [2.24, 2.45) is 0 Å². The summed E-state index contributed by atoms with van der Waals surface area (Å²) in [5.74, 6) is -0.910. The molecule has 0 spiro atoms. The minimum atomic E-state index is -0.799. The van der Waals surface area contributed by atoms with Crippen molar-refractivity contribution in [2.45, 2.75) is 39.5 Å². The van der Waals surface area contributed by atoms with Gasteiger partial charge in [0.2, 0.25) is 0 Å². The SMILES string of the molecule is CCc1nc(C)c(C(=O)NCCCCC(=O)O)s1. The predicted octanol–water partition coefficient (Wildman–Crippen LogP) is 2.00. The second-order valence-electron chi connectivity index (χ2n) is 3.98. The van der Waals surface area contributed by atoms with E-state index in [9.17, 15) is 9.59 Å². The van der Waals surface area contributed by atoms with Crippen LogP contribution in [0.1, 0.15) is 46.6 Å². The first-order chi connectivity index (χ1) is 8.54. The fraction of sp³-hybridized carbons (Fsp3) is 0.583. The van der Waals surface area contributed by atoms with E-state index in [0.29, 0.717) is 24.3 Å². The number of aryl methyl sites for hydroxylation is 2. The Morgan fingerprint density at radius 3 is 2.67 bits per heavy atom. The number of thiazole rings is 1. The standard InChI is InChI=1S/C12H18N2O3S/c1-3-9-14-8(2)11(18-9)12(17)13-7-5-4-6-10(15)16/h3-7H2,1-2H3,(H,13,17)(H,15,16). The van der Waals surface area contributed by atoms with Crippen molar-refractivity contribution in [1.82, 2.24) is 10.3 Å². The highest BCUT2D eigenvalue weighted by molar-refractivity contribution is 7.13. The van der Waals surface area contributed by atoms with Gasteiger partial charge in [-0.25, -0.2) is 4.98 Å². The number of unbranched alkanes of at least 4 members (excludes halogenated alkanes) is 1. The number of aromatic nitrogens is 1. The molecule has 1 amide bonds. The van der Waals surface area contributed by atoms with Gasteiger partial charge in [-0.2, -0.15) is 0 Å². The minimum absolute atomic E-state index is 0.111. The predicted molar refractivity (Wildman–Crippen MR) is 70.0 cm³/mol. The Bertz CT molecular complexity index is 429. The van der Waals surface area contributed by atoms with Crippen molar-refractivity contribution in [3.05, 3.63) is 15.6 Å². The van der Waals surface area contributed by atoms with Crippen molar-refractivity contribution in [1.29, 1.82) is 0 Å². The molecule has 0 aliphatic heterocycles. The number of carbonyl (C=O) groups is 2. The summed E-state index contributed by atoms with van der Waals surface area (Å²) in [7, 11) is 0. The maximum absolute atomic E-state index is 11.8. The Kier molecular flexibility index (Phi) is 5.77. The quantitative estimate of drug-likeness (QED) is 0.743. The highest BCUT2D eigenvalue weighted by Crippen LogP contribution is 2.18. The molecule has 1 aromatic rings. The molecule has 0 saturated carbocycles. The first kappa shape index (κ1) is 14.6. The van der Waals surface area contributed by atoms with E-state index in [-0.39, 0.29) is 12.3 Å². The number of hydrogen-bond donors (Lipinski definition) is 2. The molecule has 1 rings (SSSR count). The smallest absolute Gasteiger partial charge is 0.303 e. The van der Waals surface area contributed by atoms with Crippen LogP contribution >= 0.6 is 11.3 Å². The molecule has 6 heteroatoms. The highest BCUT2D eigenvalue weighted by Gasteiger charge is 2.13. The van der Waals surface area contributed by atoms with Gasteiger partial charge in [0, 0.05) is 13.0 Å². The summed E-state index contributed by atoms with van der Waals surface area (Å²) in [5, 5.41) is 12.2. The third kappa shape index (κ3) is 4.44. The summed E-state index contributed by atoms with van der Waals surface area (Å²) in [6, 6.07) is 0. The number of carbonyl (C=O) groups excluding carboxylic acids is 1. The van der Waals surface area contributed by atoms with Crippen LogP contribution in [0.4, 0.5) is 0 Å². The van der Waals surface area contributed by atoms with E-state index in [0.717, 1.165) is 17.1 Å². The van der Waals surface area contributed by atoms with Gasteiger partial charge in [0.1, 0.15) is 4.88 Å². The van der Waals surface area contributed by atoms with Crippen molar-refractivity contribution >= 4 is 23.2 Å². The van der Waals surface area contributed by atoms with Crippen LogP contribution in [0.5, 0.6) is 0 Å². The van der Waals surface area contributed by atoms with Crippen LogP contribution in [0, 0.1) is 6.92 Å². The Hall–Kier alpha value is -1.43. The molecule has 0 saturated heterocycles. The summed E-state index contributed by atoms with van der Waals surface area (Å²) in [6.07, 6.45) is 2.24. The molecular weight excluding hydrogens is 252 g/mol. The van der Waals surface area contributed by atoms with E-state index in [1.165, 1.54) is 11.3 Å². The fourth-order valence-electron chi connectivity index (χ4n) is 1.50. The Balaban J connectivity index is 2.36. The molecule has 0 radical (unpaired) electrons. The van der Waals surface area contributed by atoms with E-state index in [4.69, 9.17) is 5.11 Å². The van der Waals surface area contributed by atoms with Crippen LogP contribution in [-0.2, 0) is 11.2 Å². The molecular formula is C12H18N2O3S. The van der Waals surface area contributed by atoms with Crippen LogP contribution < -0.4 is 5.32 Å². The van der Waals surface area contributed by atoms with Gasteiger partial charge in [-0.05, 0) is 26.2 Å². The third-order valence-electron chi connectivity index (χ3n) is 2.45. The van der Waals surface area contributed by atoms with Crippen molar-refractivity contribution in [3.63, 3.8) is 0 Å². The van der Waals surface area contributed by atoms with Crippen LogP contribution in [-0.4, -0.2) is 28.5 Å². The minimum Gasteiger partial charge on any atom is -0.481 e. The van der Waals surface area contributed by atoms with Crippen LogP contribution in [0.2, 0.25) is 0 Å². The van der Waals surface area contributed by atoms with E-state index >= 15 is 0 Å². The zero-order chi connectivity index (χ0) is 13.5. The van der Waals surface area contributed by atoms with Crippen LogP contribution in [0.15, 0.2) is 0 Å². The first-order valence-electron chi connectivity index (χ1n) is 6.01. The number of carboxylic acid groups (broad SMARTS) is 1. The number of hydrogen-bond acceptors (Lipinski definition) is 4. The molecule has 0 unspecified atom stereocenters. The van der Waals surface area contributed by atoms with Crippen molar-refractivity contribution in [2.75, 3.05) is 6.54 Å². The van der Waals surface area contributed by atoms with Gasteiger partial charge < -0.3 is 10.4 Å². The number of aliphatic carboxylic acids is 1. The summed E-state index contributed by atoms with van der Waals surface area (Å²) in [4.78, 5) is 27.1. The molecule has 1 heterocycles. The average molecular weight is 270 g/mol. The van der Waals surface area contributed by atoms with Gasteiger partial charge in [-0.3, -0.25) is 9.59 Å². The number of nitrogens with one attached hydrogen (secondary N) is 1. The lowest BCUT2D eigenvalue weighted by molar-refractivity contribution is -0.137. The second kappa shape index (κ2) is 7.10. The third-order valence-corrected chi connectivity index (χ3v) is 3.75. The molecule has 0 fully saturated rings. The second-order valence-corrected chi connectivity index (χ2v) is 5.07. The molecule has 0 atom stereocenters. The van der Waals surface area contributed by atoms with E-state index in [1.807, 2.05) is 13.8 Å². The number of carboxylic acids is 1. The molecule has 5 nitrogen and oxygen atoms in total. The highest BCUT2D eigenvalue weighted by atomic mass is 32.1. The number of amides is 1. The largest absolute Gasteiger partial charge is 0.481 e. The van der Waals surface area contributed by atoms with Gasteiger partial charge in [0.05, 0.1) is 10.7 Å². The van der Waals surface area contributed by atoms with Gasteiger partial charge in [-0.1, -0.05) is 6.92 Å². The molecule has 2 N–H and O–H groups in total. The first-order valence-corrected chi connectivity index (χ1v) is 6.82. The molecule has 100 valence electrons. The molecule has 0 aliphatic carbocycles. The summed E-state index contributed by atoms with van der Waals surface area (Å²) in [5.41, 5.74) is 0.764. The van der Waals surface area contributed by atoms with Gasteiger partial charge in [0.25, 0.3) is 5.91 Å². The zero-order valence-corrected chi connectivity index (χ0v) is 11.5. The molecule has 0 aromatic carbocycles. The Morgan fingerprint density at radius 2 is 2.11 bits per heavy atom. The molecule has 0 aliphatic rings. The summed E-state index contributed by atoms with van der Waals surface area (Å²) >= 11 is 1.42. The van der Waals surface area contributed by atoms with Gasteiger partial charge >= 0.3 is 5.97 Å². The zero-order valence-electron chi connectivity index (χ0n) is 10.7. The van der Waals surface area contributed by atoms with Gasteiger partial charge in [-0.15, -0.1) is 11.3 Å². The lowest BCUT2D eigenvalue weighted by Crippen LogP contribution is -2.24. The number of rotatable bonds is 7. The van der Waals surface area contributed by atoms with Crippen LogP contribution in [0.3, 0.4) is 0 Å². The van der Waals surface area contributed by atoms with E-state index in [1.54, 1.807) is 0 Å². The van der Waals surface area contributed by atoms with E-state index < -0.39 is 5.97 Å². The van der Waals surface area contributed by atoms with Crippen LogP contribution in [0.25, 0.3) is 0 Å². The lowest BCUT2D eigenvalue weighted by Gasteiger charge is -2.02. The topological polar surface area (TPSA) is 79.3 Å².